The molecule has 53 heavy (non-hydrogen) atoms. The molecule has 10 aromatic rings. The summed E-state index contributed by atoms with van der Waals surface area (Å²) < 4.78 is 1.15. The summed E-state index contributed by atoms with van der Waals surface area (Å²) in [6, 6.07) is 60.5. The minimum atomic E-state index is 0.595. The molecule has 0 spiro atoms. The van der Waals surface area contributed by atoms with E-state index in [1.807, 2.05) is 72.8 Å². The Labute approximate surface area is 310 Å². The second kappa shape index (κ2) is 13.0. The Morgan fingerprint density at radius 2 is 0.868 bits per heavy atom. The lowest BCUT2D eigenvalue weighted by molar-refractivity contribution is 1.07. The van der Waals surface area contributed by atoms with Crippen LogP contribution in [0.4, 0.5) is 0 Å². The summed E-state index contributed by atoms with van der Waals surface area (Å²) >= 11 is 1.71. The van der Waals surface area contributed by atoms with Crippen molar-refractivity contribution in [2.75, 3.05) is 0 Å². The second-order valence-corrected chi connectivity index (χ2v) is 13.9. The first-order valence-corrected chi connectivity index (χ1v) is 18.3. The quantitative estimate of drug-likeness (QED) is 0.162. The van der Waals surface area contributed by atoms with E-state index in [1.54, 1.807) is 11.3 Å². The van der Waals surface area contributed by atoms with Crippen LogP contribution >= 0.6 is 11.3 Å². The van der Waals surface area contributed by atoms with E-state index in [4.69, 9.17) is 24.9 Å². The minimum absolute atomic E-state index is 0.595. The van der Waals surface area contributed by atoms with Gasteiger partial charge in [0.15, 0.2) is 17.5 Å². The van der Waals surface area contributed by atoms with Crippen LogP contribution in [0.15, 0.2) is 176 Å². The maximum atomic E-state index is 5.36. The summed E-state index contributed by atoms with van der Waals surface area (Å²) in [4.78, 5) is 25.5. The van der Waals surface area contributed by atoms with E-state index in [9.17, 15) is 0 Å². The molecule has 0 fully saturated rings. The highest BCUT2D eigenvalue weighted by Gasteiger charge is 2.19. The SMILES string of the molecule is c1ccc(-c2nc(-c3ccccc3)nc(-c3ccc(-c4ccc5sc(-c6ccccc6)nc5c4)c(-c4nc5ccccc5c5ccccc45)c3)n2)cc1. The molecule has 248 valence electrons. The van der Waals surface area contributed by atoms with Gasteiger partial charge in [0.25, 0.3) is 0 Å². The van der Waals surface area contributed by atoms with E-state index in [-0.39, 0.29) is 0 Å². The Morgan fingerprint density at radius 3 is 1.55 bits per heavy atom. The Bertz CT molecular complexity index is 2880. The highest BCUT2D eigenvalue weighted by molar-refractivity contribution is 7.21. The van der Waals surface area contributed by atoms with Crippen molar-refractivity contribution in [3.05, 3.63) is 176 Å². The molecule has 6 heteroatoms. The number of hydrogen-bond donors (Lipinski definition) is 0. The second-order valence-electron chi connectivity index (χ2n) is 12.9. The Balaban J connectivity index is 1.21. The number of aromatic nitrogens is 5. The van der Waals surface area contributed by atoms with Gasteiger partial charge in [-0.25, -0.2) is 24.9 Å². The molecule has 10 rings (SSSR count). The number of rotatable bonds is 6. The number of benzene rings is 7. The van der Waals surface area contributed by atoms with Crippen LogP contribution in [0.2, 0.25) is 0 Å². The minimum Gasteiger partial charge on any atom is -0.247 e. The average molecular weight is 696 g/mol. The Kier molecular flexibility index (Phi) is 7.59. The van der Waals surface area contributed by atoms with E-state index in [0.29, 0.717) is 17.5 Å². The summed E-state index contributed by atoms with van der Waals surface area (Å²) in [5, 5.41) is 4.37. The summed E-state index contributed by atoms with van der Waals surface area (Å²) in [6.45, 7) is 0. The fourth-order valence-electron chi connectivity index (χ4n) is 6.98. The Morgan fingerprint density at radius 1 is 0.321 bits per heavy atom. The third-order valence-corrected chi connectivity index (χ3v) is 10.6. The van der Waals surface area contributed by atoms with Crippen LogP contribution in [0.1, 0.15) is 0 Å². The lowest BCUT2D eigenvalue weighted by atomic mass is 9.92. The first kappa shape index (κ1) is 30.9. The first-order valence-electron chi connectivity index (χ1n) is 17.5. The van der Waals surface area contributed by atoms with Crippen LogP contribution in [-0.2, 0) is 0 Å². The summed E-state index contributed by atoms with van der Waals surface area (Å²) in [7, 11) is 0. The van der Waals surface area contributed by atoms with Gasteiger partial charge in [-0.15, -0.1) is 11.3 Å². The standard InChI is InChI=1S/C47H29N5S/c1-4-14-30(15-5-1)44-50-45(31-16-6-2-7-17-31)52-46(51-44)34-24-26-35(33-25-27-42-41(29-33)49-47(53-42)32-18-8-3-9-19-32)39(28-34)43-38-22-11-10-20-36(38)37-21-12-13-23-40(37)48-43/h1-29H. The first-order chi connectivity index (χ1) is 26.2. The molecule has 5 nitrogen and oxygen atoms in total. The van der Waals surface area contributed by atoms with Gasteiger partial charge in [-0.1, -0.05) is 152 Å². The predicted molar refractivity (Wildman–Crippen MR) is 218 cm³/mol. The van der Waals surface area contributed by atoms with Crippen LogP contribution in [-0.4, -0.2) is 24.9 Å². The third-order valence-electron chi connectivity index (χ3n) is 9.56. The normalized spacial score (nSPS) is 11.4. The molecular weight excluding hydrogens is 667 g/mol. The molecule has 0 saturated carbocycles. The maximum Gasteiger partial charge on any atom is 0.164 e. The lowest BCUT2D eigenvalue weighted by Gasteiger charge is -2.16. The van der Waals surface area contributed by atoms with Gasteiger partial charge >= 0.3 is 0 Å². The summed E-state index contributed by atoms with van der Waals surface area (Å²) in [6.07, 6.45) is 0. The molecule has 0 unspecified atom stereocenters. The number of nitrogens with zero attached hydrogens (tertiary/aromatic N) is 5. The molecule has 0 aliphatic heterocycles. The molecule has 0 bridgehead atoms. The highest BCUT2D eigenvalue weighted by atomic mass is 32.1. The largest absolute Gasteiger partial charge is 0.247 e. The lowest BCUT2D eigenvalue weighted by Crippen LogP contribution is -2.01. The molecule has 0 aliphatic rings. The highest BCUT2D eigenvalue weighted by Crippen LogP contribution is 2.41. The van der Waals surface area contributed by atoms with Crippen LogP contribution in [0.25, 0.3) is 99.0 Å². The smallest absolute Gasteiger partial charge is 0.164 e. The van der Waals surface area contributed by atoms with E-state index >= 15 is 0 Å². The van der Waals surface area contributed by atoms with Crippen LogP contribution in [0.5, 0.6) is 0 Å². The molecular formula is C47H29N5S. The van der Waals surface area contributed by atoms with Crippen molar-refractivity contribution in [2.24, 2.45) is 0 Å². The zero-order valence-electron chi connectivity index (χ0n) is 28.4. The van der Waals surface area contributed by atoms with Crippen molar-refractivity contribution < 1.29 is 0 Å². The third kappa shape index (κ3) is 5.72. The zero-order valence-corrected chi connectivity index (χ0v) is 29.2. The van der Waals surface area contributed by atoms with Crippen molar-refractivity contribution >= 4 is 43.2 Å². The molecule has 0 atom stereocenters. The number of fused-ring (bicyclic) bond motifs is 4. The fourth-order valence-corrected chi connectivity index (χ4v) is 7.93. The van der Waals surface area contributed by atoms with Crippen molar-refractivity contribution in [3.8, 4) is 67.1 Å². The summed E-state index contributed by atoms with van der Waals surface area (Å²) in [5.41, 5.74) is 9.78. The van der Waals surface area contributed by atoms with Crippen LogP contribution in [0, 0.1) is 0 Å². The van der Waals surface area contributed by atoms with E-state index in [2.05, 4.69) is 103 Å². The van der Waals surface area contributed by atoms with Crippen molar-refractivity contribution in [1.82, 2.24) is 24.9 Å². The van der Waals surface area contributed by atoms with E-state index in [1.165, 1.54) is 0 Å². The van der Waals surface area contributed by atoms with Crippen molar-refractivity contribution in [2.45, 2.75) is 0 Å². The summed E-state index contributed by atoms with van der Waals surface area (Å²) in [5.74, 6) is 1.84. The average Bonchev–Trinajstić information content (AvgIpc) is 3.68. The van der Waals surface area contributed by atoms with Gasteiger partial charge in [-0.05, 0) is 40.8 Å². The number of hydrogen-bond acceptors (Lipinski definition) is 6. The molecule has 0 saturated heterocycles. The molecule has 0 aliphatic carbocycles. The van der Waals surface area contributed by atoms with E-state index in [0.717, 1.165) is 81.5 Å². The molecule has 0 radical (unpaired) electrons. The molecule has 7 aromatic carbocycles. The van der Waals surface area contributed by atoms with Crippen molar-refractivity contribution in [1.29, 1.82) is 0 Å². The molecule has 0 amide bonds. The van der Waals surface area contributed by atoms with Gasteiger partial charge in [0.1, 0.15) is 5.01 Å². The van der Waals surface area contributed by atoms with Crippen molar-refractivity contribution in [3.63, 3.8) is 0 Å². The predicted octanol–water partition coefficient (Wildman–Crippen LogP) is 12.2. The zero-order chi connectivity index (χ0) is 35.1. The maximum absolute atomic E-state index is 5.36. The molecule has 3 heterocycles. The van der Waals surface area contributed by atoms with Gasteiger partial charge in [-0.3, -0.25) is 0 Å². The van der Waals surface area contributed by atoms with E-state index < -0.39 is 0 Å². The number of pyridine rings is 1. The Hall–Kier alpha value is -6.89. The van der Waals surface area contributed by atoms with Crippen LogP contribution < -0.4 is 0 Å². The molecule has 3 aromatic heterocycles. The van der Waals surface area contributed by atoms with Gasteiger partial charge in [-0.2, -0.15) is 0 Å². The number of thiazole rings is 1. The van der Waals surface area contributed by atoms with Gasteiger partial charge in [0, 0.05) is 38.6 Å². The fraction of sp³-hybridized carbons (Fsp3) is 0. The number of para-hydroxylation sites is 1. The van der Waals surface area contributed by atoms with Gasteiger partial charge in [0.05, 0.1) is 21.4 Å². The van der Waals surface area contributed by atoms with Crippen LogP contribution in [0.3, 0.4) is 0 Å². The van der Waals surface area contributed by atoms with Gasteiger partial charge < -0.3 is 0 Å². The topological polar surface area (TPSA) is 64.5 Å². The molecule has 0 N–H and O–H groups in total. The monoisotopic (exact) mass is 695 g/mol. The van der Waals surface area contributed by atoms with Gasteiger partial charge in [0.2, 0.25) is 0 Å².